The van der Waals surface area contributed by atoms with Gasteiger partial charge in [-0.2, -0.15) is 26.3 Å². The highest BCUT2D eigenvalue weighted by Gasteiger charge is 2.33. The van der Waals surface area contributed by atoms with Crippen molar-refractivity contribution >= 4 is 17.3 Å². The van der Waals surface area contributed by atoms with E-state index in [1.165, 1.54) is 6.07 Å². The van der Waals surface area contributed by atoms with Crippen LogP contribution in [0.4, 0.5) is 37.7 Å². The van der Waals surface area contributed by atoms with Crippen LogP contribution >= 0.6 is 0 Å². The van der Waals surface area contributed by atoms with E-state index in [2.05, 4.69) is 5.32 Å². The van der Waals surface area contributed by atoms with E-state index in [-0.39, 0.29) is 11.3 Å². The van der Waals surface area contributed by atoms with Gasteiger partial charge in [0.25, 0.3) is 5.91 Å². The van der Waals surface area contributed by atoms with Gasteiger partial charge in [-0.05, 0) is 60.0 Å². The van der Waals surface area contributed by atoms with Gasteiger partial charge in [0.2, 0.25) is 0 Å². The molecule has 0 atom stereocenters. The molecular weight excluding hydrogens is 446 g/mol. The highest BCUT2D eigenvalue weighted by Crippen LogP contribution is 2.37. The first-order valence-electron chi connectivity index (χ1n) is 10.0. The molecule has 0 saturated carbocycles. The molecule has 0 saturated heterocycles. The molecule has 0 aromatic heterocycles. The second kappa shape index (κ2) is 8.46. The van der Waals surface area contributed by atoms with Gasteiger partial charge in [0.15, 0.2) is 0 Å². The van der Waals surface area contributed by atoms with Crippen molar-refractivity contribution in [2.45, 2.75) is 25.3 Å². The van der Waals surface area contributed by atoms with E-state index in [0.29, 0.717) is 25.2 Å². The molecule has 1 aliphatic heterocycles. The fraction of sp³-hybridized carbons (Fsp3) is 0.208. The van der Waals surface area contributed by atoms with E-state index >= 15 is 0 Å². The lowest BCUT2D eigenvalue weighted by Gasteiger charge is -2.32. The van der Waals surface area contributed by atoms with E-state index < -0.39 is 29.4 Å². The van der Waals surface area contributed by atoms with Crippen LogP contribution < -0.4 is 10.2 Å². The topological polar surface area (TPSA) is 32.3 Å². The zero-order valence-electron chi connectivity index (χ0n) is 17.1. The lowest BCUT2D eigenvalue weighted by Crippen LogP contribution is -2.31. The Morgan fingerprint density at radius 1 is 0.788 bits per heavy atom. The van der Waals surface area contributed by atoms with E-state index in [1.54, 1.807) is 0 Å². The minimum atomic E-state index is -4.62. The minimum absolute atomic E-state index is 0.0610. The maximum atomic E-state index is 13.3. The maximum absolute atomic E-state index is 13.3. The summed E-state index contributed by atoms with van der Waals surface area (Å²) in [7, 11) is 0. The predicted molar refractivity (Wildman–Crippen MR) is 112 cm³/mol. The average molecular weight is 464 g/mol. The quantitative estimate of drug-likeness (QED) is 0.447. The lowest BCUT2D eigenvalue weighted by atomic mass is 9.99. The Balaban J connectivity index is 1.65. The number of rotatable bonds is 3. The molecule has 4 rings (SSSR count). The number of alkyl halides is 6. The number of hydrogen-bond donors (Lipinski definition) is 1. The Kier molecular flexibility index (Phi) is 5.82. The van der Waals surface area contributed by atoms with Crippen LogP contribution in [0.1, 0.15) is 32.6 Å². The van der Waals surface area contributed by atoms with Crippen molar-refractivity contribution in [2.75, 3.05) is 16.8 Å². The van der Waals surface area contributed by atoms with Crippen molar-refractivity contribution in [3.05, 3.63) is 94.5 Å². The third-order valence-electron chi connectivity index (χ3n) is 5.52. The molecule has 1 N–H and O–H groups in total. The second-order valence-electron chi connectivity index (χ2n) is 7.70. The molecule has 0 aliphatic carbocycles. The summed E-state index contributed by atoms with van der Waals surface area (Å²) in [5, 5.41) is 2.46. The Morgan fingerprint density at radius 2 is 1.39 bits per heavy atom. The van der Waals surface area contributed by atoms with E-state index in [4.69, 9.17) is 0 Å². The smallest absolute Gasteiger partial charge is 0.365 e. The summed E-state index contributed by atoms with van der Waals surface area (Å²) in [6, 6.07) is 14.3. The van der Waals surface area contributed by atoms with Crippen molar-refractivity contribution in [1.29, 1.82) is 0 Å². The van der Waals surface area contributed by atoms with Gasteiger partial charge in [-0.25, -0.2) is 0 Å². The van der Waals surface area contributed by atoms with Gasteiger partial charge in [0, 0.05) is 18.7 Å². The molecule has 0 radical (unpaired) electrons. The lowest BCUT2D eigenvalue weighted by molar-refractivity contribution is -0.138. The number of amides is 1. The van der Waals surface area contributed by atoms with Gasteiger partial charge in [-0.3, -0.25) is 4.79 Å². The SMILES string of the molecule is O=C(Nc1cc(C(F)(F)F)ccc1N1CCc2ccccc2C1)c1ccc(C(F)(F)F)cc1. The first-order chi connectivity index (χ1) is 15.5. The Hall–Kier alpha value is -3.49. The summed E-state index contributed by atoms with van der Waals surface area (Å²) < 4.78 is 78.3. The largest absolute Gasteiger partial charge is 0.416 e. The van der Waals surface area contributed by atoms with Gasteiger partial charge in [0.1, 0.15) is 0 Å². The van der Waals surface area contributed by atoms with Crippen LogP contribution in [0, 0.1) is 0 Å². The van der Waals surface area contributed by atoms with E-state index in [1.807, 2.05) is 29.2 Å². The molecular formula is C24H18F6N2O. The van der Waals surface area contributed by atoms with Gasteiger partial charge < -0.3 is 10.2 Å². The van der Waals surface area contributed by atoms with Crippen molar-refractivity contribution in [3.8, 4) is 0 Å². The van der Waals surface area contributed by atoms with Crippen LogP contribution in [0.3, 0.4) is 0 Å². The molecule has 0 fully saturated rings. The number of nitrogens with one attached hydrogen (secondary N) is 1. The Bertz CT molecular complexity index is 1170. The van der Waals surface area contributed by atoms with Crippen LogP contribution in [0.15, 0.2) is 66.7 Å². The number of fused-ring (bicyclic) bond motifs is 1. The Morgan fingerprint density at radius 3 is 2.03 bits per heavy atom. The zero-order chi connectivity index (χ0) is 23.8. The van der Waals surface area contributed by atoms with Crippen molar-refractivity contribution in [2.24, 2.45) is 0 Å². The summed E-state index contributed by atoms with van der Waals surface area (Å²) in [5.41, 5.74) is 0.555. The number of hydrogen-bond acceptors (Lipinski definition) is 2. The van der Waals surface area contributed by atoms with Crippen LogP contribution in [-0.2, 0) is 25.3 Å². The van der Waals surface area contributed by atoms with Crippen molar-refractivity contribution in [1.82, 2.24) is 0 Å². The molecule has 3 nitrogen and oxygen atoms in total. The highest BCUT2D eigenvalue weighted by atomic mass is 19.4. The summed E-state index contributed by atoms with van der Waals surface area (Å²) in [6.45, 7) is 0.982. The van der Waals surface area contributed by atoms with Crippen LogP contribution in [-0.4, -0.2) is 12.5 Å². The third kappa shape index (κ3) is 4.97. The predicted octanol–water partition coefficient (Wildman–Crippen LogP) is 6.54. The maximum Gasteiger partial charge on any atom is 0.416 e. The number of carbonyl (C=O) groups is 1. The van der Waals surface area contributed by atoms with Gasteiger partial charge >= 0.3 is 12.4 Å². The summed E-state index contributed by atoms with van der Waals surface area (Å²) in [5.74, 6) is -0.804. The number of nitrogens with zero attached hydrogens (tertiary/aromatic N) is 1. The van der Waals surface area contributed by atoms with Crippen molar-refractivity contribution in [3.63, 3.8) is 0 Å². The van der Waals surface area contributed by atoms with E-state index in [0.717, 1.165) is 47.5 Å². The normalized spacial score (nSPS) is 14.1. The summed E-state index contributed by atoms with van der Waals surface area (Å²) in [6.07, 6.45) is -8.50. The first kappa shape index (κ1) is 22.7. The van der Waals surface area contributed by atoms with Gasteiger partial charge in [-0.1, -0.05) is 24.3 Å². The molecule has 1 amide bonds. The molecule has 172 valence electrons. The third-order valence-corrected chi connectivity index (χ3v) is 5.52. The monoisotopic (exact) mass is 464 g/mol. The van der Waals surface area contributed by atoms with Crippen LogP contribution in [0.5, 0.6) is 0 Å². The number of carbonyl (C=O) groups excluding carboxylic acids is 1. The molecule has 33 heavy (non-hydrogen) atoms. The van der Waals surface area contributed by atoms with Crippen LogP contribution in [0.25, 0.3) is 0 Å². The zero-order valence-corrected chi connectivity index (χ0v) is 17.1. The standard InChI is InChI=1S/C24H18F6N2O/c25-23(26,27)18-7-5-16(6-8-18)22(33)31-20-13-19(24(28,29)30)9-10-21(20)32-12-11-15-3-1-2-4-17(15)14-32/h1-10,13H,11-12,14H2,(H,31,33). The molecule has 1 heterocycles. The molecule has 1 aliphatic rings. The molecule has 3 aromatic rings. The fourth-order valence-electron chi connectivity index (χ4n) is 3.79. The van der Waals surface area contributed by atoms with E-state index in [9.17, 15) is 31.1 Å². The molecule has 9 heteroatoms. The van der Waals surface area contributed by atoms with Crippen LogP contribution in [0.2, 0.25) is 0 Å². The van der Waals surface area contributed by atoms with Gasteiger partial charge in [0.05, 0.1) is 22.5 Å². The summed E-state index contributed by atoms with van der Waals surface area (Å²) >= 11 is 0. The number of anilines is 2. The molecule has 0 bridgehead atoms. The highest BCUT2D eigenvalue weighted by molar-refractivity contribution is 6.06. The van der Waals surface area contributed by atoms with Crippen molar-refractivity contribution < 1.29 is 31.1 Å². The average Bonchev–Trinajstić information content (AvgIpc) is 2.77. The molecule has 3 aromatic carbocycles. The van der Waals surface area contributed by atoms with Gasteiger partial charge in [-0.15, -0.1) is 0 Å². The summed E-state index contributed by atoms with van der Waals surface area (Å²) in [4.78, 5) is 14.5. The molecule has 0 unspecified atom stereocenters. The Labute approximate surface area is 185 Å². The fourth-order valence-corrected chi connectivity index (χ4v) is 3.79. The number of halogens is 6. The molecule has 0 spiro atoms. The first-order valence-corrected chi connectivity index (χ1v) is 10.0. The number of benzene rings is 3. The minimum Gasteiger partial charge on any atom is -0.365 e. The second-order valence-corrected chi connectivity index (χ2v) is 7.70.